The molecular formula is C18H17NO5. The van der Waals surface area contributed by atoms with Crippen LogP contribution in [0, 0.1) is 0 Å². The van der Waals surface area contributed by atoms with E-state index in [0.29, 0.717) is 36.0 Å². The molecule has 0 aliphatic carbocycles. The summed E-state index contributed by atoms with van der Waals surface area (Å²) in [6.07, 6.45) is -0.925. The van der Waals surface area contributed by atoms with Gasteiger partial charge in [-0.05, 0) is 31.2 Å². The highest BCUT2D eigenvalue weighted by atomic mass is 16.6. The summed E-state index contributed by atoms with van der Waals surface area (Å²) in [5.41, 5.74) is 0.948. The van der Waals surface area contributed by atoms with Crippen LogP contribution in [0.2, 0.25) is 0 Å². The van der Waals surface area contributed by atoms with Crippen LogP contribution in [0.4, 0.5) is 5.69 Å². The van der Waals surface area contributed by atoms with Crippen LogP contribution in [-0.4, -0.2) is 31.2 Å². The number of rotatable bonds is 4. The van der Waals surface area contributed by atoms with Crippen molar-refractivity contribution in [1.29, 1.82) is 0 Å². The topological polar surface area (TPSA) is 73.9 Å². The van der Waals surface area contributed by atoms with E-state index in [-0.39, 0.29) is 0 Å². The van der Waals surface area contributed by atoms with Crippen LogP contribution >= 0.6 is 0 Å². The molecule has 6 heteroatoms. The number of amides is 1. The minimum Gasteiger partial charge on any atom is -0.486 e. The van der Waals surface area contributed by atoms with Crippen LogP contribution in [0.15, 0.2) is 48.5 Å². The van der Waals surface area contributed by atoms with Gasteiger partial charge in [0.15, 0.2) is 17.6 Å². The number of hydrogen-bond acceptors (Lipinski definition) is 5. The standard InChI is InChI=1S/C18H17NO5/c1-12(24-18(21)13-5-3-2-4-6-13)17(20)19-14-7-8-15-16(11-14)23-10-9-22-15/h2-8,11-12H,9-10H2,1H3,(H,19,20). The molecule has 2 aromatic rings. The highest BCUT2D eigenvalue weighted by Gasteiger charge is 2.20. The lowest BCUT2D eigenvalue weighted by Crippen LogP contribution is -2.30. The molecule has 1 aliphatic rings. The Labute approximate surface area is 139 Å². The molecule has 1 amide bonds. The summed E-state index contributed by atoms with van der Waals surface area (Å²) in [5, 5.41) is 2.70. The van der Waals surface area contributed by atoms with Crippen LogP contribution in [-0.2, 0) is 9.53 Å². The molecule has 24 heavy (non-hydrogen) atoms. The second-order valence-corrected chi connectivity index (χ2v) is 5.26. The summed E-state index contributed by atoms with van der Waals surface area (Å²) in [7, 11) is 0. The molecule has 0 saturated heterocycles. The van der Waals surface area contributed by atoms with Gasteiger partial charge in [-0.3, -0.25) is 4.79 Å². The van der Waals surface area contributed by atoms with Gasteiger partial charge in [0.1, 0.15) is 13.2 Å². The van der Waals surface area contributed by atoms with Gasteiger partial charge >= 0.3 is 5.97 Å². The molecule has 0 radical (unpaired) electrons. The Morgan fingerprint density at radius 2 is 1.75 bits per heavy atom. The smallest absolute Gasteiger partial charge is 0.338 e. The summed E-state index contributed by atoms with van der Waals surface area (Å²) in [5.74, 6) is 0.257. The summed E-state index contributed by atoms with van der Waals surface area (Å²) >= 11 is 0. The Bertz CT molecular complexity index is 744. The van der Waals surface area contributed by atoms with E-state index in [4.69, 9.17) is 14.2 Å². The van der Waals surface area contributed by atoms with E-state index in [9.17, 15) is 9.59 Å². The van der Waals surface area contributed by atoms with Crippen LogP contribution in [0.5, 0.6) is 11.5 Å². The van der Waals surface area contributed by atoms with Crippen molar-refractivity contribution in [3.8, 4) is 11.5 Å². The van der Waals surface area contributed by atoms with Crippen molar-refractivity contribution in [2.75, 3.05) is 18.5 Å². The van der Waals surface area contributed by atoms with Crippen molar-refractivity contribution in [1.82, 2.24) is 0 Å². The summed E-state index contributed by atoms with van der Waals surface area (Å²) < 4.78 is 16.1. The van der Waals surface area contributed by atoms with E-state index >= 15 is 0 Å². The predicted octanol–water partition coefficient (Wildman–Crippen LogP) is 2.64. The Balaban J connectivity index is 1.61. The summed E-state index contributed by atoms with van der Waals surface area (Å²) in [6.45, 7) is 2.49. The number of benzene rings is 2. The normalized spacial score (nSPS) is 13.7. The molecule has 1 aliphatic heterocycles. The van der Waals surface area contributed by atoms with Crippen LogP contribution in [0.1, 0.15) is 17.3 Å². The maximum Gasteiger partial charge on any atom is 0.338 e. The van der Waals surface area contributed by atoms with Crippen molar-refractivity contribution in [2.45, 2.75) is 13.0 Å². The monoisotopic (exact) mass is 327 g/mol. The van der Waals surface area contributed by atoms with Gasteiger partial charge in [0.2, 0.25) is 0 Å². The predicted molar refractivity (Wildman–Crippen MR) is 87.4 cm³/mol. The molecule has 3 rings (SSSR count). The molecule has 1 N–H and O–H groups in total. The summed E-state index contributed by atoms with van der Waals surface area (Å²) in [4.78, 5) is 24.2. The molecule has 0 saturated carbocycles. The Morgan fingerprint density at radius 3 is 2.50 bits per heavy atom. The Hall–Kier alpha value is -3.02. The molecule has 0 bridgehead atoms. The lowest BCUT2D eigenvalue weighted by atomic mass is 10.2. The van der Waals surface area contributed by atoms with Gasteiger partial charge in [-0.1, -0.05) is 18.2 Å². The fourth-order valence-electron chi connectivity index (χ4n) is 2.22. The molecular weight excluding hydrogens is 310 g/mol. The minimum absolute atomic E-state index is 0.400. The van der Waals surface area contributed by atoms with E-state index in [2.05, 4.69) is 5.32 Å². The van der Waals surface area contributed by atoms with Crippen molar-refractivity contribution < 1.29 is 23.8 Å². The fourth-order valence-corrected chi connectivity index (χ4v) is 2.22. The van der Waals surface area contributed by atoms with Gasteiger partial charge in [0, 0.05) is 11.8 Å². The number of fused-ring (bicyclic) bond motifs is 1. The quantitative estimate of drug-likeness (QED) is 0.874. The first-order chi connectivity index (χ1) is 11.6. The Kier molecular flexibility index (Phi) is 4.65. The molecule has 2 aromatic carbocycles. The van der Waals surface area contributed by atoms with E-state index in [1.165, 1.54) is 6.92 Å². The number of nitrogens with one attached hydrogen (secondary N) is 1. The molecule has 0 spiro atoms. The van der Waals surface area contributed by atoms with Gasteiger partial charge in [0.05, 0.1) is 5.56 Å². The fraction of sp³-hybridized carbons (Fsp3) is 0.222. The third kappa shape index (κ3) is 3.65. The van der Waals surface area contributed by atoms with Crippen LogP contribution < -0.4 is 14.8 Å². The zero-order valence-corrected chi connectivity index (χ0v) is 13.2. The van der Waals surface area contributed by atoms with E-state index in [1.54, 1.807) is 48.5 Å². The molecule has 1 atom stereocenters. The third-order valence-electron chi connectivity index (χ3n) is 3.47. The number of esters is 1. The van der Waals surface area contributed by atoms with E-state index < -0.39 is 18.0 Å². The lowest BCUT2D eigenvalue weighted by molar-refractivity contribution is -0.123. The van der Waals surface area contributed by atoms with Crippen molar-refractivity contribution in [3.05, 3.63) is 54.1 Å². The zero-order valence-electron chi connectivity index (χ0n) is 13.2. The first-order valence-electron chi connectivity index (χ1n) is 7.60. The molecule has 1 heterocycles. The molecule has 0 fully saturated rings. The van der Waals surface area contributed by atoms with Gasteiger partial charge in [-0.25, -0.2) is 4.79 Å². The SMILES string of the molecule is CC(OC(=O)c1ccccc1)C(=O)Nc1ccc2c(c1)OCCO2. The average molecular weight is 327 g/mol. The maximum absolute atomic E-state index is 12.2. The van der Waals surface area contributed by atoms with Crippen LogP contribution in [0.25, 0.3) is 0 Å². The number of hydrogen-bond donors (Lipinski definition) is 1. The van der Waals surface area contributed by atoms with Gasteiger partial charge in [-0.15, -0.1) is 0 Å². The van der Waals surface area contributed by atoms with Gasteiger partial charge in [-0.2, -0.15) is 0 Å². The Morgan fingerprint density at radius 1 is 1.04 bits per heavy atom. The van der Waals surface area contributed by atoms with E-state index in [0.717, 1.165) is 0 Å². The van der Waals surface area contributed by atoms with Crippen molar-refractivity contribution >= 4 is 17.6 Å². The largest absolute Gasteiger partial charge is 0.486 e. The van der Waals surface area contributed by atoms with Crippen molar-refractivity contribution in [3.63, 3.8) is 0 Å². The second kappa shape index (κ2) is 7.04. The molecule has 6 nitrogen and oxygen atoms in total. The lowest BCUT2D eigenvalue weighted by Gasteiger charge is -2.19. The summed E-state index contributed by atoms with van der Waals surface area (Å²) in [6, 6.07) is 13.6. The van der Waals surface area contributed by atoms with Gasteiger partial charge in [0.25, 0.3) is 5.91 Å². The third-order valence-corrected chi connectivity index (χ3v) is 3.47. The number of carbonyl (C=O) groups is 2. The van der Waals surface area contributed by atoms with Gasteiger partial charge < -0.3 is 19.5 Å². The molecule has 0 aromatic heterocycles. The highest BCUT2D eigenvalue weighted by molar-refractivity contribution is 5.97. The minimum atomic E-state index is -0.925. The molecule has 124 valence electrons. The zero-order chi connectivity index (χ0) is 16.9. The average Bonchev–Trinajstić information content (AvgIpc) is 2.62. The second-order valence-electron chi connectivity index (χ2n) is 5.26. The maximum atomic E-state index is 12.2. The number of anilines is 1. The number of carbonyl (C=O) groups excluding carboxylic acids is 2. The highest BCUT2D eigenvalue weighted by Crippen LogP contribution is 2.32. The van der Waals surface area contributed by atoms with Crippen molar-refractivity contribution in [2.24, 2.45) is 0 Å². The number of ether oxygens (including phenoxy) is 3. The van der Waals surface area contributed by atoms with Crippen LogP contribution in [0.3, 0.4) is 0 Å². The molecule has 1 unspecified atom stereocenters. The first-order valence-corrected chi connectivity index (χ1v) is 7.60. The van der Waals surface area contributed by atoms with E-state index in [1.807, 2.05) is 0 Å². The first kappa shape index (κ1) is 15.9.